The lowest BCUT2D eigenvalue weighted by atomic mass is 10.1. The first-order valence-corrected chi connectivity index (χ1v) is 9.28. The number of piperazine rings is 1. The van der Waals surface area contributed by atoms with E-state index in [1.54, 1.807) is 12.1 Å². The lowest BCUT2D eigenvalue weighted by Crippen LogP contribution is -2.47. The van der Waals surface area contributed by atoms with Gasteiger partial charge in [0.1, 0.15) is 5.75 Å². The maximum Gasteiger partial charge on any atom is 0.247 e. The number of benzene rings is 2. The Morgan fingerprint density at radius 3 is 2.44 bits per heavy atom. The fourth-order valence-electron chi connectivity index (χ4n) is 3.49. The Bertz CT molecular complexity index is 899. The van der Waals surface area contributed by atoms with Gasteiger partial charge in [-0.15, -0.1) is 10.2 Å². The van der Waals surface area contributed by atoms with E-state index in [1.165, 1.54) is 5.56 Å². The zero-order valence-corrected chi connectivity index (χ0v) is 15.7. The first-order chi connectivity index (χ1) is 13.1. The molecule has 1 saturated heterocycles. The molecule has 27 heavy (non-hydrogen) atoms. The average Bonchev–Trinajstić information content (AvgIpc) is 3.18. The fraction of sp³-hybridized carbons (Fsp3) is 0.333. The number of anilines is 1. The van der Waals surface area contributed by atoms with E-state index >= 15 is 0 Å². The SMILES string of the molecule is Cc1cccc(-c2nnc([C@H](C)N3CCN(c4ccc(O)cc4)CC3)o2)c1. The molecule has 3 aromatic rings. The summed E-state index contributed by atoms with van der Waals surface area (Å²) in [5.41, 5.74) is 3.27. The molecule has 1 N–H and O–H groups in total. The quantitative estimate of drug-likeness (QED) is 0.763. The topological polar surface area (TPSA) is 65.6 Å². The van der Waals surface area contributed by atoms with Crippen molar-refractivity contribution in [1.82, 2.24) is 15.1 Å². The number of aromatic hydroxyl groups is 1. The van der Waals surface area contributed by atoms with Crippen LogP contribution in [0, 0.1) is 6.92 Å². The molecule has 1 aliphatic rings. The van der Waals surface area contributed by atoms with Gasteiger partial charge in [0.25, 0.3) is 0 Å². The van der Waals surface area contributed by atoms with Crippen molar-refractivity contribution >= 4 is 5.69 Å². The molecule has 0 unspecified atom stereocenters. The molecule has 1 aliphatic heterocycles. The fourth-order valence-corrected chi connectivity index (χ4v) is 3.49. The minimum Gasteiger partial charge on any atom is -0.508 e. The molecule has 6 heteroatoms. The van der Waals surface area contributed by atoms with Crippen LogP contribution in [0.5, 0.6) is 5.75 Å². The number of hydrogen-bond acceptors (Lipinski definition) is 6. The third kappa shape index (κ3) is 3.80. The summed E-state index contributed by atoms with van der Waals surface area (Å²) in [5.74, 6) is 1.53. The molecule has 1 aromatic heterocycles. The molecule has 2 aromatic carbocycles. The van der Waals surface area contributed by atoms with Gasteiger partial charge < -0.3 is 14.4 Å². The highest BCUT2D eigenvalue weighted by molar-refractivity contribution is 5.53. The molecule has 0 amide bonds. The summed E-state index contributed by atoms with van der Waals surface area (Å²) in [7, 11) is 0. The predicted molar refractivity (Wildman–Crippen MR) is 105 cm³/mol. The van der Waals surface area contributed by atoms with E-state index in [9.17, 15) is 5.11 Å². The van der Waals surface area contributed by atoms with Crippen LogP contribution in [0.25, 0.3) is 11.5 Å². The Labute approximate surface area is 159 Å². The summed E-state index contributed by atoms with van der Waals surface area (Å²) in [6, 6.07) is 15.6. The Morgan fingerprint density at radius 2 is 1.74 bits per heavy atom. The van der Waals surface area contributed by atoms with E-state index in [2.05, 4.69) is 46.0 Å². The molecule has 0 aliphatic carbocycles. The molecular weight excluding hydrogens is 340 g/mol. The molecule has 0 radical (unpaired) electrons. The number of hydrogen-bond donors (Lipinski definition) is 1. The first-order valence-electron chi connectivity index (χ1n) is 9.28. The van der Waals surface area contributed by atoms with Gasteiger partial charge in [0, 0.05) is 37.4 Å². The van der Waals surface area contributed by atoms with E-state index in [1.807, 2.05) is 24.3 Å². The monoisotopic (exact) mass is 364 g/mol. The van der Waals surface area contributed by atoms with Gasteiger partial charge in [-0.3, -0.25) is 4.90 Å². The molecule has 0 spiro atoms. The second kappa shape index (κ2) is 7.40. The number of rotatable bonds is 4. The zero-order valence-electron chi connectivity index (χ0n) is 15.7. The van der Waals surface area contributed by atoms with Gasteiger partial charge in [0.15, 0.2) is 0 Å². The van der Waals surface area contributed by atoms with Gasteiger partial charge in [-0.2, -0.15) is 0 Å². The number of phenolic OH excluding ortho intramolecular Hbond substituents is 1. The summed E-state index contributed by atoms with van der Waals surface area (Å²) >= 11 is 0. The number of phenols is 1. The van der Waals surface area contributed by atoms with Gasteiger partial charge in [0.2, 0.25) is 11.8 Å². The zero-order chi connectivity index (χ0) is 18.8. The van der Waals surface area contributed by atoms with Gasteiger partial charge in [-0.1, -0.05) is 17.7 Å². The molecule has 1 atom stereocenters. The van der Waals surface area contributed by atoms with Crippen LogP contribution in [0.1, 0.15) is 24.4 Å². The van der Waals surface area contributed by atoms with Gasteiger partial charge >= 0.3 is 0 Å². The molecule has 0 bridgehead atoms. The summed E-state index contributed by atoms with van der Waals surface area (Å²) in [4.78, 5) is 4.69. The van der Waals surface area contributed by atoms with Crippen LogP contribution in [0.2, 0.25) is 0 Å². The first kappa shape index (κ1) is 17.5. The summed E-state index contributed by atoms with van der Waals surface area (Å²) in [6.45, 7) is 7.86. The van der Waals surface area contributed by atoms with Crippen molar-refractivity contribution in [1.29, 1.82) is 0 Å². The van der Waals surface area contributed by atoms with Crippen molar-refractivity contribution in [2.24, 2.45) is 0 Å². The largest absolute Gasteiger partial charge is 0.508 e. The molecule has 6 nitrogen and oxygen atoms in total. The smallest absolute Gasteiger partial charge is 0.247 e. The highest BCUT2D eigenvalue weighted by Gasteiger charge is 2.26. The lowest BCUT2D eigenvalue weighted by molar-refractivity contribution is 0.174. The van der Waals surface area contributed by atoms with Gasteiger partial charge in [-0.05, 0) is 50.2 Å². The average molecular weight is 364 g/mol. The van der Waals surface area contributed by atoms with Crippen LogP contribution in [0.15, 0.2) is 52.9 Å². The minimum absolute atomic E-state index is 0.0815. The maximum atomic E-state index is 9.45. The van der Waals surface area contributed by atoms with Crippen LogP contribution in [0.3, 0.4) is 0 Å². The highest BCUT2D eigenvalue weighted by Crippen LogP contribution is 2.26. The summed E-state index contributed by atoms with van der Waals surface area (Å²) in [6.07, 6.45) is 0. The number of aromatic nitrogens is 2. The van der Waals surface area contributed by atoms with Crippen molar-refractivity contribution in [3.63, 3.8) is 0 Å². The molecule has 1 fully saturated rings. The molecule has 0 saturated carbocycles. The van der Waals surface area contributed by atoms with E-state index in [4.69, 9.17) is 4.42 Å². The maximum absolute atomic E-state index is 9.45. The predicted octanol–water partition coefficient (Wildman–Crippen LogP) is 3.63. The lowest BCUT2D eigenvalue weighted by Gasteiger charge is -2.38. The van der Waals surface area contributed by atoms with Crippen LogP contribution in [-0.4, -0.2) is 46.4 Å². The molecular formula is C21H24N4O2. The summed E-state index contributed by atoms with van der Waals surface area (Å²) < 4.78 is 5.96. The molecule has 4 rings (SSSR count). The third-order valence-corrected chi connectivity index (χ3v) is 5.14. The standard InChI is InChI=1S/C21H24N4O2/c1-15-4-3-5-17(14-15)21-23-22-20(27-21)16(2)24-10-12-25(13-11-24)18-6-8-19(26)9-7-18/h3-9,14,16,26H,10-13H2,1-2H3/t16-/m0/s1. The van der Waals surface area contributed by atoms with Crippen molar-refractivity contribution in [3.8, 4) is 17.2 Å². The number of nitrogens with zero attached hydrogens (tertiary/aromatic N) is 4. The molecule has 140 valence electrons. The normalized spacial score (nSPS) is 16.4. The highest BCUT2D eigenvalue weighted by atomic mass is 16.4. The Balaban J connectivity index is 1.41. The van der Waals surface area contributed by atoms with Crippen LogP contribution >= 0.6 is 0 Å². The minimum atomic E-state index is 0.0815. The Kier molecular flexibility index (Phi) is 4.81. The number of aryl methyl sites for hydroxylation is 1. The molecule has 2 heterocycles. The Morgan fingerprint density at radius 1 is 1.00 bits per heavy atom. The van der Waals surface area contributed by atoms with E-state index < -0.39 is 0 Å². The third-order valence-electron chi connectivity index (χ3n) is 5.14. The van der Waals surface area contributed by atoms with Crippen molar-refractivity contribution in [2.75, 3.05) is 31.1 Å². The van der Waals surface area contributed by atoms with Crippen LogP contribution in [-0.2, 0) is 0 Å². The Hall–Kier alpha value is -2.86. The van der Waals surface area contributed by atoms with Gasteiger partial charge in [-0.25, -0.2) is 0 Å². The van der Waals surface area contributed by atoms with Crippen molar-refractivity contribution in [3.05, 3.63) is 60.0 Å². The van der Waals surface area contributed by atoms with E-state index in [-0.39, 0.29) is 6.04 Å². The van der Waals surface area contributed by atoms with Crippen LogP contribution < -0.4 is 4.90 Å². The van der Waals surface area contributed by atoms with Crippen molar-refractivity contribution in [2.45, 2.75) is 19.9 Å². The van der Waals surface area contributed by atoms with E-state index in [0.29, 0.717) is 17.5 Å². The second-order valence-electron chi connectivity index (χ2n) is 7.03. The van der Waals surface area contributed by atoms with E-state index in [0.717, 1.165) is 37.4 Å². The summed E-state index contributed by atoms with van der Waals surface area (Å²) in [5, 5.41) is 18.0. The van der Waals surface area contributed by atoms with Crippen LogP contribution in [0.4, 0.5) is 5.69 Å². The van der Waals surface area contributed by atoms with Crippen molar-refractivity contribution < 1.29 is 9.52 Å². The van der Waals surface area contributed by atoms with Gasteiger partial charge in [0.05, 0.1) is 6.04 Å². The second-order valence-corrected chi connectivity index (χ2v) is 7.03.